The van der Waals surface area contributed by atoms with Crippen molar-refractivity contribution < 1.29 is 28.0 Å². The Hall–Kier alpha value is -1.87. The molecule has 0 spiro atoms. The van der Waals surface area contributed by atoms with Gasteiger partial charge in [-0.3, -0.25) is 23.8 Å². The van der Waals surface area contributed by atoms with Crippen LogP contribution in [0.3, 0.4) is 0 Å². The summed E-state index contributed by atoms with van der Waals surface area (Å²) in [5.41, 5.74) is -1.27. The summed E-state index contributed by atoms with van der Waals surface area (Å²) in [6.45, 7) is 1.73. The van der Waals surface area contributed by atoms with Crippen LogP contribution in [0.1, 0.15) is 19.6 Å². The summed E-state index contributed by atoms with van der Waals surface area (Å²) in [6, 6.07) is 1.15. The number of nitrogens with zero attached hydrogens (tertiary/aromatic N) is 1. The van der Waals surface area contributed by atoms with E-state index in [9.17, 15) is 19.0 Å². The molecule has 0 saturated carbocycles. The molecule has 1 aromatic rings. The lowest BCUT2D eigenvalue weighted by molar-refractivity contribution is -0.0343. The topological polar surface area (TPSA) is 129 Å². The Kier molecular flexibility index (Phi) is 5.10. The Bertz CT molecular complexity index is 767. The smallest absolute Gasteiger partial charge is 0.467 e. The summed E-state index contributed by atoms with van der Waals surface area (Å²) in [7, 11) is -1.97. The van der Waals surface area contributed by atoms with Crippen molar-refractivity contribution in [3.05, 3.63) is 44.6 Å². The van der Waals surface area contributed by atoms with E-state index in [0.29, 0.717) is 6.42 Å². The quantitative estimate of drug-likeness (QED) is 0.710. The average Bonchev–Trinajstić information content (AvgIpc) is 2.84. The number of aromatic amines is 1. The Morgan fingerprint density at radius 3 is 2.65 bits per heavy atom. The molecule has 11 heteroatoms. The van der Waals surface area contributed by atoms with Gasteiger partial charge in [0.25, 0.3) is 5.56 Å². The maximum Gasteiger partial charge on any atom is 0.527 e. The van der Waals surface area contributed by atoms with Gasteiger partial charge in [-0.05, 0) is 0 Å². The highest BCUT2D eigenvalue weighted by atomic mass is 31.2. The lowest BCUT2D eigenvalue weighted by atomic mass is 10.2. The molecule has 3 atom stereocenters. The maximum absolute atomic E-state index is 11.9. The van der Waals surface area contributed by atoms with Crippen molar-refractivity contribution in [1.29, 1.82) is 0 Å². The summed E-state index contributed by atoms with van der Waals surface area (Å²) in [5.74, 6) is 0.206. The minimum Gasteiger partial charge on any atom is -0.467 e. The van der Waals surface area contributed by atoms with Crippen molar-refractivity contribution in [2.75, 3.05) is 14.2 Å². The van der Waals surface area contributed by atoms with Crippen LogP contribution in [0.25, 0.3) is 0 Å². The first-order valence-corrected chi connectivity index (χ1v) is 8.14. The highest BCUT2D eigenvalue weighted by molar-refractivity contribution is 7.47. The molecule has 23 heavy (non-hydrogen) atoms. The zero-order valence-corrected chi connectivity index (χ0v) is 13.6. The van der Waals surface area contributed by atoms with Crippen LogP contribution < -0.4 is 11.2 Å². The van der Waals surface area contributed by atoms with E-state index in [1.54, 1.807) is 6.92 Å². The van der Waals surface area contributed by atoms with Gasteiger partial charge in [-0.15, -0.1) is 0 Å². The van der Waals surface area contributed by atoms with Crippen LogP contribution in [-0.2, 0) is 23.1 Å². The van der Waals surface area contributed by atoms with Crippen molar-refractivity contribution in [3.63, 3.8) is 0 Å². The summed E-state index contributed by atoms with van der Waals surface area (Å²) >= 11 is 0. The van der Waals surface area contributed by atoms with E-state index < -0.39 is 31.4 Å². The number of H-pyrrole nitrogens is 1. The zero-order chi connectivity index (χ0) is 17.2. The molecule has 10 nitrogen and oxygen atoms in total. The predicted molar refractivity (Wildman–Crippen MR) is 77.5 cm³/mol. The normalized spacial score (nSPS) is 23.5. The molecule has 128 valence electrons. The number of phosphoric acid groups is 1. The van der Waals surface area contributed by atoms with Gasteiger partial charge in [-0.2, -0.15) is 0 Å². The lowest BCUT2D eigenvalue weighted by Crippen LogP contribution is -2.36. The molecule has 1 aromatic heterocycles. The molecular formula is C12H17N2O8P. The van der Waals surface area contributed by atoms with Gasteiger partial charge in [0, 0.05) is 32.9 Å². The van der Waals surface area contributed by atoms with Crippen LogP contribution in [0.2, 0.25) is 0 Å². The molecule has 2 heterocycles. The maximum atomic E-state index is 11.9. The van der Waals surface area contributed by atoms with E-state index in [-0.39, 0.29) is 11.5 Å². The predicted octanol–water partition coefficient (Wildman–Crippen LogP) is 0.465. The van der Waals surface area contributed by atoms with Gasteiger partial charge in [-0.1, -0.05) is 6.92 Å². The van der Waals surface area contributed by atoms with Crippen molar-refractivity contribution in [3.8, 4) is 0 Å². The fraction of sp³-hybridized carbons (Fsp3) is 0.500. The number of rotatable bonds is 6. The van der Waals surface area contributed by atoms with E-state index in [2.05, 4.69) is 9.51 Å². The second-order valence-electron chi connectivity index (χ2n) is 4.57. The standard InChI is InChI=1S/C12H17N2O8P/c1-4-7-9(22-23(17,18)20-3)10(19-2)11(21-7)14-6-5-8(15)13-12(14)16/h5-6,10-11H,4H2,1-3H3,(H,17,18)(H,13,15,16)/t10?,11-/m1/s1. The molecule has 2 unspecified atom stereocenters. The molecule has 2 N–H and O–H groups in total. The first-order chi connectivity index (χ1) is 10.8. The second kappa shape index (κ2) is 6.71. The third-order valence-electron chi connectivity index (χ3n) is 3.20. The van der Waals surface area contributed by atoms with Gasteiger partial charge in [0.2, 0.25) is 6.23 Å². The number of phosphoric ester groups is 1. The van der Waals surface area contributed by atoms with Crippen LogP contribution in [0, 0.1) is 0 Å². The minimum absolute atomic E-state index is 0.0363. The third-order valence-corrected chi connectivity index (χ3v) is 4.09. The molecule has 2 rings (SSSR count). The third kappa shape index (κ3) is 3.56. The SMILES string of the molecule is CCC1=C(OP(=O)(O)OC)C(OC)[C@H](n2ccc(=O)[nH]c2=O)O1. The highest BCUT2D eigenvalue weighted by Gasteiger charge is 2.43. The van der Waals surface area contributed by atoms with Crippen molar-refractivity contribution in [2.24, 2.45) is 0 Å². The lowest BCUT2D eigenvalue weighted by Gasteiger charge is -2.21. The number of hydrogen-bond donors (Lipinski definition) is 2. The number of allylic oxidation sites excluding steroid dienone is 1. The van der Waals surface area contributed by atoms with E-state index in [4.69, 9.17) is 14.0 Å². The first-order valence-electron chi connectivity index (χ1n) is 6.65. The summed E-state index contributed by atoms with van der Waals surface area (Å²) in [6.07, 6.45) is -0.397. The van der Waals surface area contributed by atoms with E-state index in [1.807, 2.05) is 0 Å². The van der Waals surface area contributed by atoms with E-state index in [0.717, 1.165) is 17.7 Å². The van der Waals surface area contributed by atoms with Gasteiger partial charge in [-0.25, -0.2) is 9.36 Å². The molecule has 1 aliphatic rings. The number of methoxy groups -OCH3 is 1. The van der Waals surface area contributed by atoms with Crippen molar-refractivity contribution >= 4 is 7.82 Å². The van der Waals surface area contributed by atoms with Crippen molar-refractivity contribution in [1.82, 2.24) is 9.55 Å². The number of ether oxygens (including phenoxy) is 2. The van der Waals surface area contributed by atoms with Gasteiger partial charge >= 0.3 is 13.5 Å². The second-order valence-corrected chi connectivity index (χ2v) is 6.05. The first kappa shape index (κ1) is 17.5. The Morgan fingerprint density at radius 2 is 2.13 bits per heavy atom. The van der Waals surface area contributed by atoms with E-state index in [1.165, 1.54) is 13.3 Å². The summed E-state index contributed by atoms with van der Waals surface area (Å²) in [4.78, 5) is 34.7. The average molecular weight is 348 g/mol. The number of nitrogens with one attached hydrogen (secondary N) is 1. The minimum atomic E-state index is -4.32. The van der Waals surface area contributed by atoms with Crippen LogP contribution in [-0.4, -0.2) is 34.8 Å². The fourth-order valence-electron chi connectivity index (χ4n) is 2.13. The van der Waals surface area contributed by atoms with Gasteiger partial charge in [0.15, 0.2) is 11.9 Å². The van der Waals surface area contributed by atoms with Crippen LogP contribution in [0.15, 0.2) is 33.4 Å². The van der Waals surface area contributed by atoms with Gasteiger partial charge in [0.1, 0.15) is 5.76 Å². The molecule has 0 fully saturated rings. The Morgan fingerprint density at radius 1 is 1.43 bits per heavy atom. The van der Waals surface area contributed by atoms with Crippen LogP contribution in [0.4, 0.5) is 0 Å². The molecule has 1 aliphatic heterocycles. The fourth-order valence-corrected chi connectivity index (χ4v) is 2.66. The molecule has 0 aliphatic carbocycles. The monoisotopic (exact) mass is 348 g/mol. The Balaban J connectivity index is 2.42. The van der Waals surface area contributed by atoms with Gasteiger partial charge in [0.05, 0.1) is 0 Å². The van der Waals surface area contributed by atoms with Crippen LogP contribution >= 0.6 is 7.82 Å². The number of hydrogen-bond acceptors (Lipinski definition) is 7. The molecule has 0 saturated heterocycles. The highest BCUT2D eigenvalue weighted by Crippen LogP contribution is 2.49. The van der Waals surface area contributed by atoms with Gasteiger partial charge < -0.3 is 14.0 Å². The van der Waals surface area contributed by atoms with E-state index >= 15 is 0 Å². The summed E-state index contributed by atoms with van der Waals surface area (Å²) in [5, 5.41) is 0. The molecular weight excluding hydrogens is 331 g/mol. The Labute approximate surface area is 130 Å². The molecule has 0 aromatic carbocycles. The zero-order valence-electron chi connectivity index (χ0n) is 12.7. The van der Waals surface area contributed by atoms with Crippen molar-refractivity contribution in [2.45, 2.75) is 25.7 Å². The van der Waals surface area contributed by atoms with Crippen LogP contribution in [0.5, 0.6) is 0 Å². The summed E-state index contributed by atoms with van der Waals surface area (Å²) < 4.78 is 33.0. The number of aromatic nitrogens is 2. The largest absolute Gasteiger partial charge is 0.527 e. The molecule has 0 radical (unpaired) electrons. The molecule has 0 bridgehead atoms. The molecule has 0 amide bonds.